The van der Waals surface area contributed by atoms with Crippen molar-refractivity contribution < 1.29 is 26.0 Å². The van der Waals surface area contributed by atoms with E-state index in [1.807, 2.05) is 0 Å². The van der Waals surface area contributed by atoms with Crippen molar-refractivity contribution in [2.45, 2.75) is 39.3 Å². The fourth-order valence-corrected chi connectivity index (χ4v) is 5.24. The Labute approximate surface area is 250 Å². The van der Waals surface area contributed by atoms with Crippen LogP contribution in [0.15, 0.2) is 115 Å². The van der Waals surface area contributed by atoms with Crippen molar-refractivity contribution in [1.29, 1.82) is 0 Å². The molecule has 2 nitrogen and oxygen atoms in total. The normalized spacial score (nSPS) is 19.3. The number of aromatic nitrogens is 2. The van der Waals surface area contributed by atoms with E-state index in [4.69, 9.17) is 23.3 Å². The maximum Gasteiger partial charge on any atom is 0.0645 e. The zero-order valence-corrected chi connectivity index (χ0v) is 20.8. The SMILES string of the molecule is [2H]c1c([2H])c(Cn2c3c([2H])c([2H])c([2H])c([2H])c3c3c([2H])c([2H])c([2H])c([2H])c32)c(C(C)(C)C)c(Cn2c3c([2H])c([2H])c([2H])c([2H])c3c3c([2H])c([2H])c([2H])c([2H])c32)c1[2H]. The van der Waals surface area contributed by atoms with Gasteiger partial charge in [0.1, 0.15) is 0 Å². The average Bonchev–Trinajstić information content (AvgIpc) is 3.68. The molecule has 0 atom stereocenters. The second-order valence-corrected chi connectivity index (χ2v) is 10.0. The maximum atomic E-state index is 9.23. The third kappa shape index (κ3) is 3.55. The van der Waals surface area contributed by atoms with Crippen molar-refractivity contribution in [2.75, 3.05) is 0 Å². The van der Waals surface area contributed by atoms with Crippen molar-refractivity contribution in [3.63, 3.8) is 0 Å². The van der Waals surface area contributed by atoms with E-state index < -0.39 is 133 Å². The Bertz CT molecular complexity index is 2640. The molecule has 0 aliphatic carbocycles. The molecular formula is C36H32N2. The monoisotopic (exact) mass is 511 g/mol. The van der Waals surface area contributed by atoms with Gasteiger partial charge in [-0.25, -0.2) is 0 Å². The quantitative estimate of drug-likeness (QED) is 0.223. The van der Waals surface area contributed by atoms with Gasteiger partial charge in [0.25, 0.3) is 0 Å². The molecule has 2 heteroatoms. The largest absolute Gasteiger partial charge is 0.336 e. The summed E-state index contributed by atoms with van der Waals surface area (Å²) < 4.78 is 168. The van der Waals surface area contributed by atoms with Crippen LogP contribution in [0.3, 0.4) is 0 Å². The summed E-state index contributed by atoms with van der Waals surface area (Å²) in [4.78, 5) is 0. The summed E-state index contributed by atoms with van der Waals surface area (Å²) in [5, 5.41) is -0.708. The van der Waals surface area contributed by atoms with Gasteiger partial charge in [0.2, 0.25) is 0 Å². The zero-order chi connectivity index (χ0) is 42.4. The molecule has 5 aromatic carbocycles. The zero-order valence-electron chi connectivity index (χ0n) is 39.8. The number of benzene rings is 5. The minimum atomic E-state index is -1.02. The molecule has 186 valence electrons. The molecule has 0 saturated carbocycles. The van der Waals surface area contributed by atoms with Gasteiger partial charge in [-0.05, 0) is 46.3 Å². The first-order chi connectivity index (χ1) is 26.4. The van der Waals surface area contributed by atoms with Gasteiger partial charge in [-0.3, -0.25) is 0 Å². The minimum absolute atomic E-state index is 0.0432. The standard InChI is InChI=1S/C36H32N2/c1-36(2,3)35-25(23-37-31-19-8-4-15-27(31)28-16-5-9-20-32(28)37)13-12-14-26(35)24-38-33-21-10-6-17-29(33)30-18-7-11-22-34(30)38/h4-22H,23-24H2,1-3H3/i4D,5D,6D,7D,8D,9D,10D,11D,12D,13D,14D,15D,16D,17D,18D,19D,20D,21D,22D. The van der Waals surface area contributed by atoms with Gasteiger partial charge in [-0.2, -0.15) is 0 Å². The molecule has 38 heavy (non-hydrogen) atoms. The second-order valence-electron chi connectivity index (χ2n) is 10.0. The van der Waals surface area contributed by atoms with Crippen LogP contribution in [0.4, 0.5) is 0 Å². The summed E-state index contributed by atoms with van der Waals surface area (Å²) in [5.41, 5.74) is -1.40. The third-order valence-corrected chi connectivity index (χ3v) is 6.66. The highest BCUT2D eigenvalue weighted by Gasteiger charge is 2.24. The smallest absolute Gasteiger partial charge is 0.0645 e. The Morgan fingerprint density at radius 2 is 0.789 bits per heavy atom. The lowest BCUT2D eigenvalue weighted by Gasteiger charge is -2.28. The van der Waals surface area contributed by atoms with Crippen LogP contribution >= 0.6 is 0 Å². The van der Waals surface area contributed by atoms with E-state index in [0.29, 0.717) is 0 Å². The van der Waals surface area contributed by atoms with Gasteiger partial charge >= 0.3 is 0 Å². The Balaban J connectivity index is 1.65. The van der Waals surface area contributed by atoms with Gasteiger partial charge in [0.05, 0.1) is 26.0 Å². The van der Waals surface area contributed by atoms with E-state index >= 15 is 0 Å². The highest BCUT2D eigenvalue weighted by molar-refractivity contribution is 6.09. The summed E-state index contributed by atoms with van der Waals surface area (Å²) in [7, 11) is 0. The van der Waals surface area contributed by atoms with Crippen LogP contribution in [0.5, 0.6) is 0 Å². The summed E-state index contributed by atoms with van der Waals surface area (Å²) in [5.74, 6) is 0. The molecule has 7 aromatic rings. The van der Waals surface area contributed by atoms with Crippen molar-refractivity contribution in [3.8, 4) is 0 Å². The summed E-state index contributed by atoms with van der Waals surface area (Å²) in [6.07, 6.45) is 0. The van der Waals surface area contributed by atoms with E-state index in [-0.39, 0.29) is 60.3 Å². The van der Waals surface area contributed by atoms with E-state index in [1.54, 1.807) is 20.8 Å². The molecule has 0 unspecified atom stereocenters. The molecule has 2 heterocycles. The molecule has 0 fully saturated rings. The van der Waals surface area contributed by atoms with Crippen LogP contribution in [-0.2, 0) is 18.5 Å². The molecule has 0 bridgehead atoms. The molecule has 0 saturated heterocycles. The lowest BCUT2D eigenvalue weighted by Crippen LogP contribution is -2.20. The highest BCUT2D eigenvalue weighted by atomic mass is 15.0. The predicted molar refractivity (Wildman–Crippen MR) is 162 cm³/mol. The molecule has 2 aromatic heterocycles. The fourth-order valence-electron chi connectivity index (χ4n) is 5.24. The minimum Gasteiger partial charge on any atom is -0.336 e. The topological polar surface area (TPSA) is 9.86 Å². The van der Waals surface area contributed by atoms with Crippen LogP contribution in [0, 0.1) is 0 Å². The number of rotatable bonds is 4. The number of nitrogens with zero attached hydrogens (tertiary/aromatic N) is 2. The lowest BCUT2D eigenvalue weighted by molar-refractivity contribution is 0.569. The van der Waals surface area contributed by atoms with Crippen molar-refractivity contribution in [3.05, 3.63) is 131 Å². The van der Waals surface area contributed by atoms with Crippen LogP contribution in [0.25, 0.3) is 43.6 Å². The maximum absolute atomic E-state index is 9.23. The number of hydrogen-bond acceptors (Lipinski definition) is 0. The van der Waals surface area contributed by atoms with E-state index in [0.717, 1.165) is 0 Å². The van der Waals surface area contributed by atoms with Crippen LogP contribution in [0.2, 0.25) is 0 Å². The Hall–Kier alpha value is -4.30. The van der Waals surface area contributed by atoms with Crippen molar-refractivity contribution in [1.82, 2.24) is 9.13 Å². The van der Waals surface area contributed by atoms with Crippen LogP contribution in [0.1, 0.15) is 63.5 Å². The Kier molecular flexibility index (Phi) is 2.38. The molecule has 0 spiro atoms. The van der Waals surface area contributed by atoms with E-state index in [2.05, 4.69) is 0 Å². The van der Waals surface area contributed by atoms with Crippen LogP contribution < -0.4 is 0 Å². The summed E-state index contributed by atoms with van der Waals surface area (Å²) in [6.45, 7) is 4.26. The molecule has 7 rings (SSSR count). The van der Waals surface area contributed by atoms with Crippen molar-refractivity contribution >= 4 is 43.6 Å². The van der Waals surface area contributed by atoms with Crippen LogP contribution in [-0.4, -0.2) is 9.13 Å². The highest BCUT2D eigenvalue weighted by Crippen LogP contribution is 2.36. The first-order valence-electron chi connectivity index (χ1n) is 21.5. The summed E-state index contributed by atoms with van der Waals surface area (Å²) in [6, 6.07) is -11.0. The molecule has 0 aliphatic rings. The molecule has 0 aliphatic heterocycles. The lowest BCUT2D eigenvalue weighted by atomic mass is 9.80. The molecular weight excluding hydrogens is 460 g/mol. The summed E-state index contributed by atoms with van der Waals surface area (Å²) >= 11 is 0. The van der Waals surface area contributed by atoms with Gasteiger partial charge in [-0.1, -0.05) is 111 Å². The van der Waals surface area contributed by atoms with Crippen molar-refractivity contribution in [2.24, 2.45) is 0 Å². The second kappa shape index (κ2) is 8.63. The fraction of sp³-hybridized carbons (Fsp3) is 0.167. The molecule has 0 amide bonds. The first-order valence-corrected chi connectivity index (χ1v) is 12.0. The van der Waals surface area contributed by atoms with Gasteiger partial charge in [-0.15, -0.1) is 0 Å². The number of hydrogen-bond donors (Lipinski definition) is 0. The number of para-hydroxylation sites is 4. The Morgan fingerprint density at radius 1 is 0.474 bits per heavy atom. The third-order valence-electron chi connectivity index (χ3n) is 6.66. The average molecular weight is 512 g/mol. The van der Waals surface area contributed by atoms with E-state index in [1.165, 1.54) is 9.13 Å². The molecule has 0 radical (unpaired) electrons. The first kappa shape index (κ1) is 10.5. The van der Waals surface area contributed by atoms with Gasteiger partial charge in [0, 0.05) is 56.7 Å². The molecule has 0 N–H and O–H groups in total. The predicted octanol–water partition coefficient (Wildman–Crippen LogP) is 9.30. The number of fused-ring (bicyclic) bond motifs is 6. The van der Waals surface area contributed by atoms with Gasteiger partial charge in [0.15, 0.2) is 0 Å². The Morgan fingerprint density at radius 3 is 1.11 bits per heavy atom. The van der Waals surface area contributed by atoms with Gasteiger partial charge < -0.3 is 9.13 Å². The van der Waals surface area contributed by atoms with E-state index in [9.17, 15) is 2.74 Å².